The smallest absolute Gasteiger partial charge is 0.407 e. The zero-order chi connectivity index (χ0) is 18.8. The van der Waals surface area contributed by atoms with Gasteiger partial charge in [-0.2, -0.15) is 0 Å². The minimum absolute atomic E-state index is 0.0863. The number of aliphatic hydroxyl groups excluding tert-OH is 1. The minimum Gasteiger partial charge on any atom is -0.447 e. The van der Waals surface area contributed by atoms with Gasteiger partial charge in [0, 0.05) is 23.6 Å². The second-order valence-corrected chi connectivity index (χ2v) is 7.13. The van der Waals surface area contributed by atoms with E-state index in [4.69, 9.17) is 4.74 Å². The molecule has 0 saturated heterocycles. The van der Waals surface area contributed by atoms with Crippen LogP contribution in [0.3, 0.4) is 0 Å². The summed E-state index contributed by atoms with van der Waals surface area (Å²) in [6.07, 6.45) is 1.38. The number of fused-ring (bicyclic) bond motifs is 1. The standard InChI is InChI=1S/C20H27N3O3/c1-12(2)26-20(25)22-18-10-13(3)23(14(4)24)19-8-7-15(11-16(18)19)17-6-5-9-21-17/h5-9,11-14,18,21,24H,10H2,1-4H3,(H,22,25)/t13-,14?,18+/m0/s1. The predicted molar refractivity (Wildman–Crippen MR) is 102 cm³/mol. The number of nitrogens with one attached hydrogen (secondary N) is 2. The Morgan fingerprint density at radius 3 is 2.73 bits per heavy atom. The third kappa shape index (κ3) is 3.70. The van der Waals surface area contributed by atoms with Crippen molar-refractivity contribution in [2.24, 2.45) is 0 Å². The van der Waals surface area contributed by atoms with Gasteiger partial charge in [-0.3, -0.25) is 0 Å². The maximum Gasteiger partial charge on any atom is 0.407 e. The summed E-state index contributed by atoms with van der Waals surface area (Å²) < 4.78 is 5.26. The van der Waals surface area contributed by atoms with Crippen LogP contribution in [0.1, 0.15) is 45.7 Å². The molecule has 0 saturated carbocycles. The highest BCUT2D eigenvalue weighted by molar-refractivity contribution is 5.72. The number of alkyl carbamates (subject to hydrolysis) is 1. The summed E-state index contributed by atoms with van der Waals surface area (Å²) in [7, 11) is 0. The molecule has 140 valence electrons. The third-order valence-corrected chi connectivity index (χ3v) is 4.68. The first-order valence-corrected chi connectivity index (χ1v) is 9.08. The van der Waals surface area contributed by atoms with Crippen molar-refractivity contribution in [1.29, 1.82) is 0 Å². The molecule has 0 fully saturated rings. The van der Waals surface area contributed by atoms with E-state index in [1.807, 2.05) is 49.2 Å². The first-order valence-electron chi connectivity index (χ1n) is 9.08. The zero-order valence-corrected chi connectivity index (χ0v) is 15.7. The zero-order valence-electron chi connectivity index (χ0n) is 15.7. The molecule has 0 bridgehead atoms. The molecule has 3 rings (SSSR count). The van der Waals surface area contributed by atoms with Gasteiger partial charge < -0.3 is 25.0 Å². The lowest BCUT2D eigenvalue weighted by molar-refractivity contribution is 0.110. The molecule has 6 heteroatoms. The Hall–Kier alpha value is -2.47. The number of benzene rings is 1. The Morgan fingerprint density at radius 1 is 1.35 bits per heavy atom. The number of anilines is 1. The second-order valence-electron chi connectivity index (χ2n) is 7.13. The quantitative estimate of drug-likeness (QED) is 0.778. The van der Waals surface area contributed by atoms with Crippen LogP contribution in [0, 0.1) is 0 Å². The van der Waals surface area contributed by atoms with Crippen LogP contribution in [0.25, 0.3) is 11.3 Å². The molecule has 0 radical (unpaired) electrons. The van der Waals surface area contributed by atoms with E-state index in [0.29, 0.717) is 6.42 Å². The lowest BCUT2D eigenvalue weighted by Gasteiger charge is -2.42. The van der Waals surface area contributed by atoms with Crippen molar-refractivity contribution in [3.05, 3.63) is 42.1 Å². The Morgan fingerprint density at radius 2 is 2.12 bits per heavy atom. The molecule has 1 amide bonds. The molecular weight excluding hydrogens is 330 g/mol. The van der Waals surface area contributed by atoms with Crippen molar-refractivity contribution in [3.8, 4) is 11.3 Å². The average Bonchev–Trinajstić information content (AvgIpc) is 3.07. The normalized spacial score (nSPS) is 20.6. The lowest BCUT2D eigenvalue weighted by atomic mass is 9.89. The first-order chi connectivity index (χ1) is 12.4. The van der Waals surface area contributed by atoms with Gasteiger partial charge in [0.2, 0.25) is 0 Å². The molecule has 1 aliphatic rings. The number of nitrogens with zero attached hydrogens (tertiary/aromatic N) is 1. The molecule has 0 spiro atoms. The van der Waals surface area contributed by atoms with Crippen molar-refractivity contribution in [2.45, 2.75) is 58.5 Å². The Balaban J connectivity index is 1.98. The molecular formula is C20H27N3O3. The summed E-state index contributed by atoms with van der Waals surface area (Å²) in [6, 6.07) is 9.99. The van der Waals surface area contributed by atoms with E-state index < -0.39 is 12.3 Å². The van der Waals surface area contributed by atoms with Crippen molar-refractivity contribution >= 4 is 11.8 Å². The number of rotatable bonds is 4. The van der Waals surface area contributed by atoms with Gasteiger partial charge in [-0.25, -0.2) is 4.79 Å². The summed E-state index contributed by atoms with van der Waals surface area (Å²) in [5.74, 6) is 0. The fraction of sp³-hybridized carbons (Fsp3) is 0.450. The van der Waals surface area contributed by atoms with Gasteiger partial charge >= 0.3 is 6.09 Å². The fourth-order valence-electron chi connectivity index (χ4n) is 3.66. The number of aromatic amines is 1. The minimum atomic E-state index is -0.608. The number of aliphatic hydroxyl groups is 1. The highest BCUT2D eigenvalue weighted by atomic mass is 16.6. The van der Waals surface area contributed by atoms with E-state index in [2.05, 4.69) is 23.3 Å². The summed E-state index contributed by atoms with van der Waals surface area (Å²) in [6.45, 7) is 7.47. The van der Waals surface area contributed by atoms with Crippen molar-refractivity contribution in [3.63, 3.8) is 0 Å². The summed E-state index contributed by atoms with van der Waals surface area (Å²) in [4.78, 5) is 17.4. The highest BCUT2D eigenvalue weighted by Crippen LogP contribution is 2.40. The van der Waals surface area contributed by atoms with Crippen LogP contribution in [0.2, 0.25) is 0 Å². The number of ether oxygens (including phenoxy) is 1. The molecule has 6 nitrogen and oxygen atoms in total. The van der Waals surface area contributed by atoms with E-state index in [0.717, 1.165) is 22.5 Å². The van der Waals surface area contributed by atoms with Gasteiger partial charge in [-0.15, -0.1) is 0 Å². The Kier molecular flexibility index (Phi) is 5.23. The van der Waals surface area contributed by atoms with Crippen molar-refractivity contribution in [1.82, 2.24) is 10.3 Å². The molecule has 1 aliphatic heterocycles. The number of aromatic nitrogens is 1. The van der Waals surface area contributed by atoms with Gasteiger partial charge in [-0.1, -0.05) is 6.07 Å². The molecule has 3 N–H and O–H groups in total. The number of H-pyrrole nitrogens is 1. The molecule has 26 heavy (non-hydrogen) atoms. The van der Waals surface area contributed by atoms with Gasteiger partial charge in [-0.05, 0) is 69.5 Å². The van der Waals surface area contributed by atoms with Crippen LogP contribution < -0.4 is 10.2 Å². The van der Waals surface area contributed by atoms with E-state index in [1.165, 1.54) is 0 Å². The molecule has 3 atom stereocenters. The van der Waals surface area contributed by atoms with Gasteiger partial charge in [0.15, 0.2) is 0 Å². The van der Waals surface area contributed by atoms with Crippen LogP contribution in [-0.4, -0.2) is 34.6 Å². The van der Waals surface area contributed by atoms with Crippen LogP contribution in [0.4, 0.5) is 10.5 Å². The number of hydrogen-bond acceptors (Lipinski definition) is 4. The molecule has 0 aliphatic carbocycles. The summed E-state index contributed by atoms with van der Waals surface area (Å²) in [5, 5.41) is 13.2. The summed E-state index contributed by atoms with van der Waals surface area (Å²) >= 11 is 0. The van der Waals surface area contributed by atoms with E-state index in [1.54, 1.807) is 6.92 Å². The van der Waals surface area contributed by atoms with Gasteiger partial charge in [0.05, 0.1) is 12.1 Å². The van der Waals surface area contributed by atoms with Crippen LogP contribution in [0.5, 0.6) is 0 Å². The Bertz CT molecular complexity index is 756. The molecule has 1 aromatic heterocycles. The second kappa shape index (κ2) is 7.41. The maximum absolute atomic E-state index is 12.2. The van der Waals surface area contributed by atoms with E-state index in [-0.39, 0.29) is 18.2 Å². The molecule has 1 aromatic carbocycles. The maximum atomic E-state index is 12.2. The molecule has 1 unspecified atom stereocenters. The van der Waals surface area contributed by atoms with Gasteiger partial charge in [0.1, 0.15) is 6.23 Å². The molecule has 2 heterocycles. The number of hydrogen-bond donors (Lipinski definition) is 3. The van der Waals surface area contributed by atoms with Crippen molar-refractivity contribution < 1.29 is 14.6 Å². The highest BCUT2D eigenvalue weighted by Gasteiger charge is 2.33. The average molecular weight is 357 g/mol. The van der Waals surface area contributed by atoms with E-state index in [9.17, 15) is 9.90 Å². The van der Waals surface area contributed by atoms with Crippen LogP contribution in [-0.2, 0) is 4.74 Å². The first kappa shape index (κ1) is 18.3. The number of carbonyl (C=O) groups excluding carboxylic acids is 1. The number of amides is 1. The van der Waals surface area contributed by atoms with Crippen LogP contribution >= 0.6 is 0 Å². The third-order valence-electron chi connectivity index (χ3n) is 4.68. The van der Waals surface area contributed by atoms with Crippen LogP contribution in [0.15, 0.2) is 36.5 Å². The van der Waals surface area contributed by atoms with Crippen molar-refractivity contribution in [2.75, 3.05) is 4.90 Å². The summed E-state index contributed by atoms with van der Waals surface area (Å²) in [5.41, 5.74) is 3.97. The lowest BCUT2D eigenvalue weighted by Crippen LogP contribution is -2.47. The van der Waals surface area contributed by atoms with E-state index >= 15 is 0 Å². The SMILES string of the molecule is CC(C)OC(=O)N[C@@H]1C[C@H](C)N(C(C)O)c2ccc(-c3ccc[nH]3)cc21. The predicted octanol–water partition coefficient (Wildman–Crippen LogP) is 3.79. The largest absolute Gasteiger partial charge is 0.447 e. The topological polar surface area (TPSA) is 77.6 Å². The van der Waals surface area contributed by atoms with Gasteiger partial charge in [0.25, 0.3) is 0 Å². The Labute approximate surface area is 154 Å². The number of carbonyl (C=O) groups is 1. The fourth-order valence-corrected chi connectivity index (χ4v) is 3.66. The molecule has 2 aromatic rings. The monoisotopic (exact) mass is 357 g/mol.